The number of unbranched alkanes of at least 4 members (excludes halogenated alkanes) is 32. The van der Waals surface area contributed by atoms with Crippen LogP contribution in [0.4, 0.5) is 0 Å². The molecule has 1 heterocycles. The first-order valence-electron chi connectivity index (χ1n) is 30.4. The third kappa shape index (κ3) is 38.8. The summed E-state index contributed by atoms with van der Waals surface area (Å²) in [5, 5.41) is 56.9. The quantitative estimate of drug-likeness (QED) is 0.0149. The average molecular weight is 1030 g/mol. The molecule has 8 unspecified atom stereocenters. The number of aliphatic hydroxyl groups excluding tert-OH is 5. The fraction of sp³-hybridized carbons (Fsp3) is 0.839. The second kappa shape index (κ2) is 50.4. The topological polar surface area (TPSA) is 175 Å². The minimum absolute atomic E-state index is 0.120. The second-order valence-electron chi connectivity index (χ2n) is 21.1. The summed E-state index contributed by atoms with van der Waals surface area (Å²) in [5.74, 6) is -1.21. The lowest BCUT2D eigenvalue weighted by Gasteiger charge is -2.41. The molecule has 0 spiro atoms. The Morgan fingerprint density at radius 3 is 1.44 bits per heavy atom. The molecule has 11 nitrogen and oxygen atoms in total. The number of rotatable bonds is 51. The number of aliphatic hydroxyl groups is 5. The molecule has 1 aliphatic rings. The SMILES string of the molecule is CCCCC/C=C/C=C/CCCCCCCC(O)C(=O)NC(COC1OC(CO)C(O)C(O)C1OC(=O)CCCCCCCCCCC/C=C/CCCCCCCC)C(O)/C=C/CCCCCCCCCCC. The maximum Gasteiger partial charge on any atom is 0.306 e. The van der Waals surface area contributed by atoms with E-state index >= 15 is 0 Å². The van der Waals surface area contributed by atoms with Crippen molar-refractivity contribution in [3.05, 3.63) is 48.6 Å². The van der Waals surface area contributed by atoms with Gasteiger partial charge >= 0.3 is 5.97 Å². The molecule has 0 radical (unpaired) electrons. The van der Waals surface area contributed by atoms with Gasteiger partial charge in [-0.3, -0.25) is 9.59 Å². The van der Waals surface area contributed by atoms with Gasteiger partial charge in [-0.1, -0.05) is 236 Å². The third-order valence-electron chi connectivity index (χ3n) is 14.2. The molecule has 426 valence electrons. The van der Waals surface area contributed by atoms with Crippen LogP contribution in [-0.2, 0) is 23.8 Å². The molecule has 1 amide bonds. The minimum atomic E-state index is -1.62. The standard InChI is InChI=1S/C62H113NO10/c1-4-7-10-13-16-19-22-24-26-27-28-29-30-32-35-38-41-44-47-50-57(67)73-60-59(69)58(68)56(51-64)72-62(60)71-52-53(54(65)48-45-42-39-36-33-21-18-15-12-9-6-3)63-61(70)55(66)49-46-43-40-37-34-31-25-23-20-17-14-11-8-5-2/h17,20,23-26,45,48,53-56,58-60,62,64-66,68-69H,4-16,18-19,21-22,27-44,46-47,49-52H2,1-3H3,(H,63,70)/b20-17+,25-23+,26-24+,48-45+. The van der Waals surface area contributed by atoms with Crippen LogP contribution in [0.5, 0.6) is 0 Å². The van der Waals surface area contributed by atoms with Crippen LogP contribution >= 0.6 is 0 Å². The fourth-order valence-corrected chi connectivity index (χ4v) is 9.34. The van der Waals surface area contributed by atoms with Gasteiger partial charge in [0.05, 0.1) is 25.4 Å². The van der Waals surface area contributed by atoms with Crippen LogP contribution in [0, 0.1) is 0 Å². The summed E-state index contributed by atoms with van der Waals surface area (Å²) in [5.41, 5.74) is 0. The van der Waals surface area contributed by atoms with E-state index in [1.165, 1.54) is 148 Å². The van der Waals surface area contributed by atoms with Gasteiger partial charge in [0.15, 0.2) is 12.4 Å². The predicted octanol–water partition coefficient (Wildman–Crippen LogP) is 14.1. The van der Waals surface area contributed by atoms with Crippen LogP contribution in [-0.4, -0.2) is 99.6 Å². The van der Waals surface area contributed by atoms with E-state index in [-0.39, 0.29) is 19.4 Å². The van der Waals surface area contributed by atoms with Gasteiger partial charge in [0.1, 0.15) is 24.4 Å². The Balaban J connectivity index is 2.67. The molecule has 0 aromatic rings. The predicted molar refractivity (Wildman–Crippen MR) is 301 cm³/mol. The van der Waals surface area contributed by atoms with Gasteiger partial charge in [-0.15, -0.1) is 0 Å². The first kappa shape index (κ1) is 68.6. The molecule has 1 aliphatic heterocycles. The van der Waals surface area contributed by atoms with Crippen molar-refractivity contribution in [3.63, 3.8) is 0 Å². The number of carbonyl (C=O) groups excluding carboxylic acids is 2. The van der Waals surface area contributed by atoms with Gasteiger partial charge in [0.25, 0.3) is 0 Å². The molecule has 6 N–H and O–H groups in total. The van der Waals surface area contributed by atoms with E-state index in [0.29, 0.717) is 12.8 Å². The van der Waals surface area contributed by atoms with Crippen LogP contribution in [0.3, 0.4) is 0 Å². The Morgan fingerprint density at radius 2 is 0.945 bits per heavy atom. The fourth-order valence-electron chi connectivity index (χ4n) is 9.34. The zero-order valence-corrected chi connectivity index (χ0v) is 47.0. The molecule has 8 atom stereocenters. The van der Waals surface area contributed by atoms with E-state index in [9.17, 15) is 35.1 Å². The summed E-state index contributed by atoms with van der Waals surface area (Å²) < 4.78 is 17.6. The highest BCUT2D eigenvalue weighted by atomic mass is 16.7. The van der Waals surface area contributed by atoms with Crippen molar-refractivity contribution in [1.82, 2.24) is 5.32 Å². The number of carbonyl (C=O) groups is 2. The number of nitrogens with one attached hydrogen (secondary N) is 1. The molecule has 11 heteroatoms. The minimum Gasteiger partial charge on any atom is -0.454 e. The van der Waals surface area contributed by atoms with Crippen molar-refractivity contribution in [2.45, 2.75) is 320 Å². The van der Waals surface area contributed by atoms with Crippen LogP contribution in [0.15, 0.2) is 48.6 Å². The molecule has 0 aliphatic carbocycles. The van der Waals surface area contributed by atoms with Crippen molar-refractivity contribution >= 4 is 11.9 Å². The highest BCUT2D eigenvalue weighted by molar-refractivity contribution is 5.80. The molecule has 1 fully saturated rings. The highest BCUT2D eigenvalue weighted by Gasteiger charge is 2.47. The molecule has 1 rings (SSSR count). The molecule has 0 bridgehead atoms. The lowest BCUT2D eigenvalue weighted by molar-refractivity contribution is -0.305. The van der Waals surface area contributed by atoms with Gasteiger partial charge in [-0.05, 0) is 77.0 Å². The van der Waals surface area contributed by atoms with Gasteiger partial charge < -0.3 is 45.1 Å². The van der Waals surface area contributed by atoms with E-state index in [2.05, 4.69) is 62.5 Å². The smallest absolute Gasteiger partial charge is 0.306 e. The number of amides is 1. The van der Waals surface area contributed by atoms with Crippen LogP contribution in [0.25, 0.3) is 0 Å². The average Bonchev–Trinajstić information content (AvgIpc) is 3.39. The zero-order valence-electron chi connectivity index (χ0n) is 47.0. The summed E-state index contributed by atoms with van der Waals surface area (Å²) in [7, 11) is 0. The van der Waals surface area contributed by atoms with Crippen LogP contribution in [0.2, 0.25) is 0 Å². The summed E-state index contributed by atoms with van der Waals surface area (Å²) in [6.45, 7) is 5.74. The van der Waals surface area contributed by atoms with Gasteiger partial charge in [-0.25, -0.2) is 0 Å². The summed E-state index contributed by atoms with van der Waals surface area (Å²) in [6.07, 6.45) is 50.1. The lowest BCUT2D eigenvalue weighted by Crippen LogP contribution is -2.61. The first-order chi connectivity index (χ1) is 35.7. The van der Waals surface area contributed by atoms with E-state index in [0.717, 1.165) is 77.0 Å². The highest BCUT2D eigenvalue weighted by Crippen LogP contribution is 2.26. The monoisotopic (exact) mass is 1030 g/mol. The molecule has 0 aromatic heterocycles. The molecule has 0 saturated carbocycles. The van der Waals surface area contributed by atoms with E-state index < -0.39 is 67.4 Å². The molecular formula is C62H113NO10. The molecule has 1 saturated heterocycles. The van der Waals surface area contributed by atoms with Crippen LogP contribution < -0.4 is 5.32 Å². The Morgan fingerprint density at radius 1 is 0.534 bits per heavy atom. The van der Waals surface area contributed by atoms with Gasteiger partial charge in [-0.2, -0.15) is 0 Å². The number of esters is 1. The Kier molecular flexibility index (Phi) is 47.4. The van der Waals surface area contributed by atoms with Gasteiger partial charge in [0.2, 0.25) is 5.91 Å². The third-order valence-corrected chi connectivity index (χ3v) is 14.2. The summed E-state index contributed by atoms with van der Waals surface area (Å²) >= 11 is 0. The molecule has 73 heavy (non-hydrogen) atoms. The van der Waals surface area contributed by atoms with Crippen molar-refractivity contribution in [1.29, 1.82) is 0 Å². The lowest BCUT2D eigenvalue weighted by atomic mass is 9.99. The van der Waals surface area contributed by atoms with Crippen molar-refractivity contribution in [3.8, 4) is 0 Å². The molecular weight excluding hydrogens is 919 g/mol. The number of ether oxygens (including phenoxy) is 3. The maximum absolute atomic E-state index is 13.4. The maximum atomic E-state index is 13.4. The Bertz CT molecular complexity index is 1370. The first-order valence-corrected chi connectivity index (χ1v) is 30.4. The summed E-state index contributed by atoms with van der Waals surface area (Å²) in [4.78, 5) is 26.5. The van der Waals surface area contributed by atoms with Gasteiger partial charge in [0, 0.05) is 6.42 Å². The largest absolute Gasteiger partial charge is 0.454 e. The second-order valence-corrected chi connectivity index (χ2v) is 21.1. The van der Waals surface area contributed by atoms with Crippen molar-refractivity contribution < 1.29 is 49.3 Å². The zero-order chi connectivity index (χ0) is 53.3. The van der Waals surface area contributed by atoms with Crippen molar-refractivity contribution in [2.24, 2.45) is 0 Å². The number of hydrogen-bond acceptors (Lipinski definition) is 10. The number of allylic oxidation sites excluding steroid dienone is 7. The normalized spacial score (nSPS) is 19.7. The van der Waals surface area contributed by atoms with E-state index in [1.54, 1.807) is 6.08 Å². The Hall–Kier alpha value is -2.38. The number of hydrogen-bond donors (Lipinski definition) is 6. The Labute approximate surface area is 446 Å². The van der Waals surface area contributed by atoms with E-state index in [1.807, 2.05) is 6.08 Å². The van der Waals surface area contributed by atoms with Crippen LogP contribution in [0.1, 0.15) is 271 Å². The van der Waals surface area contributed by atoms with Crippen molar-refractivity contribution in [2.75, 3.05) is 13.2 Å². The summed E-state index contributed by atoms with van der Waals surface area (Å²) in [6, 6.07) is -1.03. The van der Waals surface area contributed by atoms with E-state index in [4.69, 9.17) is 14.2 Å². The molecule has 0 aromatic carbocycles.